The molecule has 1 aliphatic rings. The van der Waals surface area contributed by atoms with E-state index in [9.17, 15) is 0 Å². The van der Waals surface area contributed by atoms with Gasteiger partial charge in [0, 0.05) is 18.5 Å². The summed E-state index contributed by atoms with van der Waals surface area (Å²) in [5.41, 5.74) is 0.201. The molecule has 0 spiro atoms. The molecular weight excluding hydrogens is 162 g/mol. The van der Waals surface area contributed by atoms with Gasteiger partial charge >= 0.3 is 0 Å². The Morgan fingerprint density at radius 2 is 1.77 bits per heavy atom. The SMILES string of the molecule is CCC1C(C)(CC)ON(C)C1(C)C. The van der Waals surface area contributed by atoms with E-state index in [-0.39, 0.29) is 11.1 Å². The molecule has 1 heterocycles. The maximum atomic E-state index is 5.95. The number of rotatable bonds is 2. The minimum Gasteiger partial charge on any atom is -0.292 e. The number of hydrogen-bond donors (Lipinski definition) is 0. The lowest BCUT2D eigenvalue weighted by Crippen LogP contribution is -2.41. The van der Waals surface area contributed by atoms with Crippen molar-refractivity contribution in [3.05, 3.63) is 0 Å². The van der Waals surface area contributed by atoms with Crippen molar-refractivity contribution >= 4 is 0 Å². The Kier molecular flexibility index (Phi) is 2.75. The summed E-state index contributed by atoms with van der Waals surface area (Å²) < 4.78 is 0. The molecule has 2 nitrogen and oxygen atoms in total. The van der Waals surface area contributed by atoms with Gasteiger partial charge < -0.3 is 0 Å². The van der Waals surface area contributed by atoms with Gasteiger partial charge in [-0.15, -0.1) is 0 Å². The standard InChI is InChI=1S/C11H23NO/c1-7-9-10(3,4)12(6)13-11(9,5)8-2/h9H,7-8H2,1-6H3. The average molecular weight is 185 g/mol. The molecule has 1 rings (SSSR count). The summed E-state index contributed by atoms with van der Waals surface area (Å²) in [5, 5.41) is 2.03. The van der Waals surface area contributed by atoms with E-state index in [4.69, 9.17) is 4.84 Å². The van der Waals surface area contributed by atoms with E-state index >= 15 is 0 Å². The molecular formula is C11H23NO. The van der Waals surface area contributed by atoms with Crippen LogP contribution in [0.25, 0.3) is 0 Å². The van der Waals surface area contributed by atoms with Gasteiger partial charge in [-0.2, -0.15) is 5.06 Å². The molecule has 0 aliphatic carbocycles. The second-order valence-corrected chi connectivity index (χ2v) is 4.87. The quantitative estimate of drug-likeness (QED) is 0.656. The van der Waals surface area contributed by atoms with Crippen molar-refractivity contribution in [3.8, 4) is 0 Å². The van der Waals surface area contributed by atoms with Gasteiger partial charge in [0.15, 0.2) is 0 Å². The zero-order valence-corrected chi connectivity index (χ0v) is 9.85. The molecule has 0 aromatic carbocycles. The van der Waals surface area contributed by atoms with Crippen molar-refractivity contribution in [1.29, 1.82) is 0 Å². The Morgan fingerprint density at radius 1 is 1.23 bits per heavy atom. The monoisotopic (exact) mass is 185 g/mol. The summed E-state index contributed by atoms with van der Waals surface area (Å²) in [7, 11) is 2.05. The topological polar surface area (TPSA) is 12.5 Å². The van der Waals surface area contributed by atoms with E-state index in [1.54, 1.807) is 0 Å². The second-order valence-electron chi connectivity index (χ2n) is 4.87. The molecule has 0 aromatic rings. The highest BCUT2D eigenvalue weighted by molar-refractivity contribution is 5.00. The summed E-state index contributed by atoms with van der Waals surface area (Å²) in [6, 6.07) is 0. The van der Waals surface area contributed by atoms with Gasteiger partial charge in [0.1, 0.15) is 0 Å². The van der Waals surface area contributed by atoms with Crippen LogP contribution in [0.4, 0.5) is 0 Å². The Bertz CT molecular complexity index is 191. The molecule has 0 radical (unpaired) electrons. The molecule has 1 fully saturated rings. The summed E-state index contributed by atoms with van der Waals surface area (Å²) in [5.74, 6) is 0.620. The third-order valence-electron chi connectivity index (χ3n) is 3.86. The fourth-order valence-corrected chi connectivity index (χ4v) is 2.70. The largest absolute Gasteiger partial charge is 0.292 e. The van der Waals surface area contributed by atoms with Crippen LogP contribution in [0, 0.1) is 5.92 Å². The molecule has 0 amide bonds. The van der Waals surface area contributed by atoms with Gasteiger partial charge in [-0.3, -0.25) is 4.84 Å². The van der Waals surface area contributed by atoms with Crippen molar-refractivity contribution in [2.45, 2.75) is 58.6 Å². The molecule has 1 aliphatic heterocycles. The van der Waals surface area contributed by atoms with E-state index in [2.05, 4.69) is 34.6 Å². The highest BCUT2D eigenvalue weighted by Gasteiger charge is 2.52. The number of nitrogens with zero attached hydrogens (tertiary/aromatic N) is 1. The first-order chi connectivity index (χ1) is 5.88. The van der Waals surface area contributed by atoms with Gasteiger partial charge in [0.2, 0.25) is 0 Å². The highest BCUT2D eigenvalue weighted by Crippen LogP contribution is 2.46. The van der Waals surface area contributed by atoms with Crippen molar-refractivity contribution in [1.82, 2.24) is 5.06 Å². The molecule has 0 aromatic heterocycles. The fraction of sp³-hybridized carbons (Fsp3) is 1.00. The third kappa shape index (κ3) is 1.50. The molecule has 2 heteroatoms. The van der Waals surface area contributed by atoms with Gasteiger partial charge in [0.05, 0.1) is 5.60 Å². The number of hydroxylamine groups is 2. The van der Waals surface area contributed by atoms with Crippen LogP contribution < -0.4 is 0 Å². The lowest BCUT2D eigenvalue weighted by molar-refractivity contribution is -0.198. The Hall–Kier alpha value is -0.0800. The Morgan fingerprint density at radius 3 is 2.08 bits per heavy atom. The zero-order chi connectivity index (χ0) is 10.3. The predicted molar refractivity (Wildman–Crippen MR) is 55.4 cm³/mol. The van der Waals surface area contributed by atoms with Crippen LogP contribution in [-0.4, -0.2) is 23.3 Å². The minimum atomic E-state index is 0.0347. The summed E-state index contributed by atoms with van der Waals surface area (Å²) >= 11 is 0. The first kappa shape index (κ1) is 11.0. The molecule has 0 bridgehead atoms. The lowest BCUT2D eigenvalue weighted by Gasteiger charge is -2.33. The molecule has 0 N–H and O–H groups in total. The van der Waals surface area contributed by atoms with Crippen molar-refractivity contribution in [3.63, 3.8) is 0 Å². The highest BCUT2D eigenvalue weighted by atomic mass is 16.7. The molecule has 2 unspecified atom stereocenters. The van der Waals surface area contributed by atoms with E-state index in [1.807, 2.05) is 12.1 Å². The Labute approximate surface area is 82.2 Å². The third-order valence-corrected chi connectivity index (χ3v) is 3.86. The summed E-state index contributed by atoms with van der Waals surface area (Å²) in [4.78, 5) is 5.95. The average Bonchev–Trinajstić information content (AvgIpc) is 2.20. The van der Waals surface area contributed by atoms with E-state index in [0.29, 0.717) is 5.92 Å². The zero-order valence-electron chi connectivity index (χ0n) is 9.85. The summed E-state index contributed by atoms with van der Waals surface area (Å²) in [6.45, 7) is 11.2. The van der Waals surface area contributed by atoms with Gasteiger partial charge in [0.25, 0.3) is 0 Å². The van der Waals surface area contributed by atoms with Crippen LogP contribution in [-0.2, 0) is 4.84 Å². The molecule has 1 saturated heterocycles. The normalized spacial score (nSPS) is 39.7. The van der Waals surface area contributed by atoms with Crippen LogP contribution in [0.5, 0.6) is 0 Å². The maximum Gasteiger partial charge on any atom is 0.0915 e. The van der Waals surface area contributed by atoms with Crippen molar-refractivity contribution in [2.24, 2.45) is 5.92 Å². The first-order valence-electron chi connectivity index (χ1n) is 5.31. The van der Waals surface area contributed by atoms with Crippen LogP contribution >= 0.6 is 0 Å². The van der Waals surface area contributed by atoms with Crippen LogP contribution in [0.15, 0.2) is 0 Å². The maximum absolute atomic E-state index is 5.95. The molecule has 78 valence electrons. The van der Waals surface area contributed by atoms with Gasteiger partial charge in [-0.25, -0.2) is 0 Å². The van der Waals surface area contributed by atoms with Crippen molar-refractivity contribution < 1.29 is 4.84 Å². The van der Waals surface area contributed by atoms with Crippen LogP contribution in [0.3, 0.4) is 0 Å². The smallest absolute Gasteiger partial charge is 0.0915 e. The number of hydrogen-bond acceptors (Lipinski definition) is 2. The molecule has 0 saturated carbocycles. The van der Waals surface area contributed by atoms with Crippen molar-refractivity contribution in [2.75, 3.05) is 7.05 Å². The van der Waals surface area contributed by atoms with Crippen LogP contribution in [0.1, 0.15) is 47.5 Å². The summed E-state index contributed by atoms with van der Waals surface area (Å²) in [6.07, 6.45) is 2.26. The lowest BCUT2D eigenvalue weighted by atomic mass is 9.74. The first-order valence-corrected chi connectivity index (χ1v) is 5.31. The van der Waals surface area contributed by atoms with E-state index < -0.39 is 0 Å². The molecule has 13 heavy (non-hydrogen) atoms. The Balaban J connectivity index is 2.95. The minimum absolute atomic E-state index is 0.0347. The predicted octanol–water partition coefficient (Wildman–Crippen LogP) is 2.84. The van der Waals surface area contributed by atoms with Gasteiger partial charge in [-0.1, -0.05) is 13.8 Å². The van der Waals surface area contributed by atoms with E-state index in [1.165, 1.54) is 6.42 Å². The van der Waals surface area contributed by atoms with Gasteiger partial charge in [-0.05, 0) is 33.6 Å². The fourth-order valence-electron chi connectivity index (χ4n) is 2.70. The van der Waals surface area contributed by atoms with Crippen LogP contribution in [0.2, 0.25) is 0 Å². The second kappa shape index (κ2) is 3.25. The van der Waals surface area contributed by atoms with E-state index in [0.717, 1.165) is 6.42 Å². The molecule has 2 atom stereocenters.